The Labute approximate surface area is 364 Å². The van der Waals surface area contributed by atoms with E-state index in [0.29, 0.717) is 63.8 Å². The van der Waals surface area contributed by atoms with Crippen LogP contribution in [0.5, 0.6) is 11.5 Å². The first kappa shape index (κ1) is 39.6. The van der Waals surface area contributed by atoms with Crippen LogP contribution in [-0.4, -0.2) is 49.3 Å². The molecule has 0 amide bonds. The third-order valence-corrected chi connectivity index (χ3v) is 11.7. The van der Waals surface area contributed by atoms with Crippen LogP contribution in [-0.2, 0) is 6.54 Å². The van der Waals surface area contributed by atoms with Crippen LogP contribution in [0.4, 0.5) is 27.4 Å². The number of halogens is 2. The Balaban J connectivity index is 0.980. The monoisotopic (exact) mass is 863 g/mol. The summed E-state index contributed by atoms with van der Waals surface area (Å²) in [6, 6.07) is 21.0. The zero-order valence-corrected chi connectivity index (χ0v) is 36.4. The number of methoxy groups -OCH3 is 2. The summed E-state index contributed by atoms with van der Waals surface area (Å²) >= 11 is 6.10. The van der Waals surface area contributed by atoms with E-state index in [0.717, 1.165) is 77.8 Å². The van der Waals surface area contributed by atoms with Gasteiger partial charge in [0, 0.05) is 58.0 Å². The summed E-state index contributed by atoms with van der Waals surface area (Å²) in [6.45, 7) is 11.9. The summed E-state index contributed by atoms with van der Waals surface area (Å²) in [5, 5.41) is 14.1. The average Bonchev–Trinajstić information content (AvgIpc) is 3.98. The molecule has 0 fully saturated rings. The second-order valence-electron chi connectivity index (χ2n) is 15.5. The fourth-order valence-electron chi connectivity index (χ4n) is 8.62. The van der Waals surface area contributed by atoms with Crippen molar-refractivity contribution in [1.29, 1.82) is 0 Å². The normalized spacial score (nSPS) is 11.7. The van der Waals surface area contributed by atoms with Gasteiger partial charge in [0.1, 0.15) is 57.4 Å². The fourth-order valence-corrected chi connectivity index (χ4v) is 8.80. The number of aromatic amines is 2. The highest BCUT2D eigenvalue weighted by molar-refractivity contribution is 6.31. The van der Waals surface area contributed by atoms with Crippen molar-refractivity contribution in [2.24, 2.45) is 0 Å². The highest BCUT2D eigenvalue weighted by Gasteiger charge is 2.28. The van der Waals surface area contributed by atoms with Crippen molar-refractivity contribution < 1.29 is 27.7 Å². The lowest BCUT2D eigenvalue weighted by atomic mass is 10.0. The molecule has 0 unspecified atom stereocenters. The number of nitrogens with zero attached hydrogens (tertiary/aromatic N) is 6. The van der Waals surface area contributed by atoms with Gasteiger partial charge in [-0.05, 0) is 81.0 Å². The number of anilines is 4. The maximum Gasteiger partial charge on any atom is 0.237 e. The Hall–Kier alpha value is -7.52. The summed E-state index contributed by atoms with van der Waals surface area (Å²) < 4.78 is 40.7. The summed E-state index contributed by atoms with van der Waals surface area (Å²) in [7, 11) is 3.29. The Morgan fingerprint density at radius 1 is 0.714 bits per heavy atom. The van der Waals surface area contributed by atoms with Gasteiger partial charge in [0.2, 0.25) is 12.2 Å². The molecular formula is C47H41ClFN10O4+. The van der Waals surface area contributed by atoms with Crippen LogP contribution in [0.2, 0.25) is 5.02 Å². The zero-order valence-electron chi connectivity index (χ0n) is 35.6. The van der Waals surface area contributed by atoms with Gasteiger partial charge < -0.3 is 34.6 Å². The molecule has 63 heavy (non-hydrogen) atoms. The van der Waals surface area contributed by atoms with Gasteiger partial charge in [-0.2, -0.15) is 0 Å². The quantitative estimate of drug-likeness (QED) is 0.0965. The van der Waals surface area contributed by atoms with E-state index in [4.69, 9.17) is 40.1 Å². The second kappa shape index (κ2) is 15.1. The van der Waals surface area contributed by atoms with E-state index < -0.39 is 5.82 Å². The highest BCUT2D eigenvalue weighted by Crippen LogP contribution is 2.43. The predicted octanol–water partition coefficient (Wildman–Crippen LogP) is 10.9. The molecular weight excluding hydrogens is 823 g/mol. The minimum atomic E-state index is -0.566. The van der Waals surface area contributed by atoms with Crippen LogP contribution in [0.15, 0.2) is 75.8 Å². The van der Waals surface area contributed by atoms with Gasteiger partial charge in [-0.25, -0.2) is 28.8 Å². The molecule has 0 aliphatic heterocycles. The van der Waals surface area contributed by atoms with E-state index >= 15 is 4.39 Å². The average molecular weight is 864 g/mol. The topological polar surface area (TPSA) is 169 Å². The van der Waals surface area contributed by atoms with Crippen molar-refractivity contribution in [2.75, 3.05) is 24.9 Å². The summed E-state index contributed by atoms with van der Waals surface area (Å²) in [6.07, 6.45) is 0. The predicted molar refractivity (Wildman–Crippen MR) is 241 cm³/mol. The SMILES string of the molecule is COc1cc2c(cc1-c1c(C)noc1C)[nH]c1nc(C)nc(Nc3cccc(C[n+]4oc(C)c(-c5cc6[nH]c7nc(C)nc(Nc8cccc(Cl)c8F)c7c6cc5OC)c4C)c3)c12. The highest BCUT2D eigenvalue weighted by atomic mass is 35.5. The van der Waals surface area contributed by atoms with Gasteiger partial charge in [0.05, 0.1) is 47.0 Å². The lowest BCUT2D eigenvalue weighted by Gasteiger charge is -2.11. The Morgan fingerprint density at radius 3 is 1.92 bits per heavy atom. The molecule has 4 N–H and O–H groups in total. The van der Waals surface area contributed by atoms with E-state index in [1.807, 2.05) is 75.8 Å². The molecule has 0 aliphatic rings. The molecule has 10 aromatic rings. The standard InChI is InChI=1S/C47H41ClFN10O4/c1-21-39(23(3)62-58-21)31-16-35-29(18-37(31)60-7)41-44(50-25(5)52-46(41)56-35)54-28-12-9-11-27(15-28)20-59-22(2)40(24(4)63-59)32-17-36-30(19-38(32)61-8)42-45(51-26(6)53-47(42)57-36)55-34-14-10-13-33(48)43(34)49/h9-19H,20H2,1-8H3,(H2,50,52,54,56)(H2,51,53,55,57)/q+1. The first-order valence-electron chi connectivity index (χ1n) is 20.2. The van der Waals surface area contributed by atoms with Gasteiger partial charge in [-0.3, -0.25) is 0 Å². The van der Waals surface area contributed by atoms with Crippen molar-refractivity contribution in [1.82, 2.24) is 35.1 Å². The van der Waals surface area contributed by atoms with Crippen LogP contribution in [0.25, 0.3) is 66.1 Å². The molecule has 0 saturated heterocycles. The maximum absolute atomic E-state index is 15.0. The van der Waals surface area contributed by atoms with Gasteiger partial charge >= 0.3 is 0 Å². The molecule has 4 aromatic carbocycles. The van der Waals surface area contributed by atoms with E-state index in [1.54, 1.807) is 33.3 Å². The zero-order chi connectivity index (χ0) is 43.8. The Kier molecular flexibility index (Phi) is 9.51. The van der Waals surface area contributed by atoms with Crippen LogP contribution >= 0.6 is 11.6 Å². The molecule has 0 atom stereocenters. The van der Waals surface area contributed by atoms with Gasteiger partial charge in [0.25, 0.3) is 0 Å². The lowest BCUT2D eigenvalue weighted by Crippen LogP contribution is -2.34. The number of rotatable bonds is 10. The molecule has 6 aromatic heterocycles. The Bertz CT molecular complexity index is 3460. The largest absolute Gasteiger partial charge is 0.496 e. The molecule has 0 aliphatic carbocycles. The van der Waals surface area contributed by atoms with E-state index in [9.17, 15) is 0 Å². The van der Waals surface area contributed by atoms with E-state index in [-0.39, 0.29) is 10.7 Å². The third-order valence-electron chi connectivity index (χ3n) is 11.4. The van der Waals surface area contributed by atoms with Crippen molar-refractivity contribution in [2.45, 2.75) is 48.1 Å². The second-order valence-corrected chi connectivity index (χ2v) is 15.9. The molecule has 0 radical (unpaired) electrons. The molecule has 316 valence electrons. The molecule has 0 spiro atoms. The van der Waals surface area contributed by atoms with Crippen molar-refractivity contribution in [3.05, 3.63) is 118 Å². The summed E-state index contributed by atoms with van der Waals surface area (Å²) in [4.78, 5) is 25.9. The summed E-state index contributed by atoms with van der Waals surface area (Å²) in [5.74, 6) is 4.40. The number of hydrogen-bond acceptors (Lipinski definition) is 11. The first-order valence-corrected chi connectivity index (χ1v) is 20.5. The molecule has 0 saturated carbocycles. The molecule has 16 heteroatoms. The number of ether oxygens (including phenoxy) is 2. The number of fused-ring (bicyclic) bond motifs is 6. The molecule has 10 rings (SSSR count). The number of hydrogen-bond donors (Lipinski definition) is 4. The fraction of sp³-hybridized carbons (Fsp3) is 0.191. The van der Waals surface area contributed by atoms with E-state index in [2.05, 4.69) is 47.9 Å². The van der Waals surface area contributed by atoms with Gasteiger partial charge in [-0.1, -0.05) is 35.0 Å². The smallest absolute Gasteiger partial charge is 0.237 e. The van der Waals surface area contributed by atoms with Gasteiger partial charge in [-0.15, -0.1) is 0 Å². The van der Waals surface area contributed by atoms with Crippen LogP contribution < -0.4 is 24.8 Å². The van der Waals surface area contributed by atoms with Crippen LogP contribution in [0, 0.1) is 47.4 Å². The minimum absolute atomic E-state index is 0.00999. The van der Waals surface area contributed by atoms with E-state index in [1.165, 1.54) is 6.07 Å². The number of H-pyrrole nitrogens is 2. The Morgan fingerprint density at radius 2 is 1.32 bits per heavy atom. The van der Waals surface area contributed by atoms with Crippen LogP contribution in [0.1, 0.15) is 40.1 Å². The molecule has 0 bridgehead atoms. The molecule has 14 nitrogen and oxygen atoms in total. The van der Waals surface area contributed by atoms with Crippen molar-refractivity contribution >= 4 is 78.5 Å². The van der Waals surface area contributed by atoms with Gasteiger partial charge in [0.15, 0.2) is 11.6 Å². The van der Waals surface area contributed by atoms with Crippen molar-refractivity contribution in [3.8, 4) is 33.8 Å². The number of aryl methyl sites for hydroxylation is 5. The minimum Gasteiger partial charge on any atom is -0.496 e. The molecule has 6 heterocycles. The van der Waals surface area contributed by atoms with Crippen LogP contribution in [0.3, 0.4) is 0 Å². The number of nitrogens with one attached hydrogen (secondary N) is 4. The summed E-state index contributed by atoms with van der Waals surface area (Å²) in [5.41, 5.74) is 10.2. The number of benzene rings is 4. The maximum atomic E-state index is 15.0. The lowest BCUT2D eigenvalue weighted by molar-refractivity contribution is -0.862. The third kappa shape index (κ3) is 6.72. The number of aromatic nitrogens is 8. The first-order chi connectivity index (χ1) is 30.4. The van der Waals surface area contributed by atoms with Crippen molar-refractivity contribution in [3.63, 3.8) is 0 Å².